The molecule has 0 atom stereocenters. The van der Waals surface area contributed by atoms with E-state index < -0.39 is 0 Å². The third kappa shape index (κ3) is 3.26. The molecule has 1 N–H and O–H groups in total. The number of anilines is 2. The molecule has 1 amide bonds. The number of hydrogen-bond acceptors (Lipinski definition) is 3. The smallest absolute Gasteiger partial charge is 0.233 e. The van der Waals surface area contributed by atoms with Crippen molar-refractivity contribution in [2.24, 2.45) is 0 Å². The van der Waals surface area contributed by atoms with E-state index in [2.05, 4.69) is 22.1 Å². The molecule has 4 aromatic rings. The molecule has 4 rings (SSSR count). The SMILES string of the molecule is Cc1csc(N(C(=O)CCc2c[nH]c3ccccc23)c2ccccc2)n1. The molecule has 0 aliphatic rings. The average molecular weight is 361 g/mol. The van der Waals surface area contributed by atoms with Crippen LogP contribution in [-0.2, 0) is 11.2 Å². The van der Waals surface area contributed by atoms with Crippen molar-refractivity contribution in [1.29, 1.82) is 0 Å². The molecular weight excluding hydrogens is 342 g/mol. The maximum Gasteiger partial charge on any atom is 0.233 e. The van der Waals surface area contributed by atoms with Crippen LogP contribution in [0.25, 0.3) is 10.9 Å². The number of rotatable bonds is 5. The number of fused-ring (bicyclic) bond motifs is 1. The van der Waals surface area contributed by atoms with Crippen LogP contribution in [0.2, 0.25) is 0 Å². The quantitative estimate of drug-likeness (QED) is 0.529. The number of aromatic nitrogens is 2. The second-order valence-electron chi connectivity index (χ2n) is 6.20. The summed E-state index contributed by atoms with van der Waals surface area (Å²) in [4.78, 5) is 22.6. The Morgan fingerprint density at radius 2 is 1.88 bits per heavy atom. The van der Waals surface area contributed by atoms with Crippen LogP contribution < -0.4 is 4.90 Å². The molecule has 130 valence electrons. The number of H-pyrrole nitrogens is 1. The fraction of sp³-hybridized carbons (Fsp3) is 0.143. The van der Waals surface area contributed by atoms with Gasteiger partial charge in [-0.05, 0) is 37.1 Å². The Hall–Kier alpha value is -2.92. The first-order valence-corrected chi connectivity index (χ1v) is 9.45. The maximum atomic E-state index is 13.1. The van der Waals surface area contributed by atoms with Crippen molar-refractivity contribution in [3.63, 3.8) is 0 Å². The summed E-state index contributed by atoms with van der Waals surface area (Å²) < 4.78 is 0. The third-order valence-electron chi connectivity index (χ3n) is 4.35. The van der Waals surface area contributed by atoms with Crippen LogP contribution in [0.5, 0.6) is 0 Å². The fourth-order valence-electron chi connectivity index (χ4n) is 3.07. The summed E-state index contributed by atoms with van der Waals surface area (Å²) in [7, 11) is 0. The number of hydrogen-bond donors (Lipinski definition) is 1. The Labute approximate surface area is 156 Å². The molecule has 26 heavy (non-hydrogen) atoms. The van der Waals surface area contributed by atoms with Gasteiger partial charge in [0.15, 0.2) is 5.13 Å². The molecule has 0 spiro atoms. The van der Waals surface area contributed by atoms with Crippen molar-refractivity contribution >= 4 is 39.0 Å². The Kier molecular flexibility index (Phi) is 4.54. The van der Waals surface area contributed by atoms with E-state index in [1.165, 1.54) is 16.7 Å². The maximum absolute atomic E-state index is 13.1. The number of thiazole rings is 1. The van der Waals surface area contributed by atoms with Crippen LogP contribution in [-0.4, -0.2) is 15.9 Å². The molecule has 4 nitrogen and oxygen atoms in total. The standard InChI is InChI=1S/C21H19N3OS/c1-15-14-26-21(23-15)24(17-7-3-2-4-8-17)20(25)12-11-16-13-22-19-10-6-5-9-18(16)19/h2-10,13-14,22H,11-12H2,1H3. The zero-order valence-corrected chi connectivity index (χ0v) is 15.3. The largest absolute Gasteiger partial charge is 0.361 e. The zero-order valence-electron chi connectivity index (χ0n) is 14.5. The van der Waals surface area contributed by atoms with Crippen LogP contribution in [0.3, 0.4) is 0 Å². The average Bonchev–Trinajstić information content (AvgIpc) is 3.27. The predicted molar refractivity (Wildman–Crippen MR) is 107 cm³/mol. The van der Waals surface area contributed by atoms with Crippen molar-refractivity contribution in [3.8, 4) is 0 Å². The number of amides is 1. The number of aromatic amines is 1. The molecule has 2 aromatic heterocycles. The van der Waals surface area contributed by atoms with E-state index in [4.69, 9.17) is 0 Å². The highest BCUT2D eigenvalue weighted by Crippen LogP contribution is 2.30. The first kappa shape index (κ1) is 16.5. The van der Waals surface area contributed by atoms with Gasteiger partial charge in [0.25, 0.3) is 0 Å². The Bertz CT molecular complexity index is 1040. The summed E-state index contributed by atoms with van der Waals surface area (Å²) in [6.45, 7) is 1.94. The van der Waals surface area contributed by atoms with E-state index >= 15 is 0 Å². The van der Waals surface area contributed by atoms with Gasteiger partial charge in [-0.3, -0.25) is 9.69 Å². The van der Waals surface area contributed by atoms with Gasteiger partial charge in [-0.1, -0.05) is 36.4 Å². The summed E-state index contributed by atoms with van der Waals surface area (Å²) in [5, 5.41) is 3.87. The van der Waals surface area contributed by atoms with Crippen molar-refractivity contribution < 1.29 is 4.79 Å². The van der Waals surface area contributed by atoms with Gasteiger partial charge in [-0.25, -0.2) is 4.98 Å². The molecule has 0 aliphatic carbocycles. The highest BCUT2D eigenvalue weighted by atomic mass is 32.1. The lowest BCUT2D eigenvalue weighted by atomic mass is 10.1. The van der Waals surface area contributed by atoms with Crippen LogP contribution in [0.4, 0.5) is 10.8 Å². The summed E-state index contributed by atoms with van der Waals surface area (Å²) in [5.74, 6) is 0.0517. The molecule has 0 aliphatic heterocycles. The molecular formula is C21H19N3OS. The third-order valence-corrected chi connectivity index (χ3v) is 5.29. The van der Waals surface area contributed by atoms with Gasteiger partial charge in [-0.2, -0.15) is 0 Å². The van der Waals surface area contributed by atoms with Gasteiger partial charge < -0.3 is 4.98 Å². The molecule has 0 radical (unpaired) electrons. The topological polar surface area (TPSA) is 49.0 Å². The molecule has 0 saturated carbocycles. The minimum absolute atomic E-state index is 0.0517. The van der Waals surface area contributed by atoms with Crippen LogP contribution in [0.15, 0.2) is 66.2 Å². The van der Waals surface area contributed by atoms with Crippen LogP contribution >= 0.6 is 11.3 Å². The number of carbonyl (C=O) groups is 1. The monoisotopic (exact) mass is 361 g/mol. The van der Waals surface area contributed by atoms with Gasteiger partial charge in [-0.15, -0.1) is 11.3 Å². The van der Waals surface area contributed by atoms with E-state index in [0.29, 0.717) is 12.8 Å². The highest BCUT2D eigenvalue weighted by Gasteiger charge is 2.21. The molecule has 2 heterocycles. The lowest BCUT2D eigenvalue weighted by Gasteiger charge is -2.20. The zero-order chi connectivity index (χ0) is 17.9. The summed E-state index contributed by atoms with van der Waals surface area (Å²) in [6.07, 6.45) is 3.12. The number of benzene rings is 2. The van der Waals surface area contributed by atoms with Gasteiger partial charge in [0.1, 0.15) is 0 Å². The Balaban J connectivity index is 1.59. The van der Waals surface area contributed by atoms with E-state index in [9.17, 15) is 4.79 Å². The van der Waals surface area contributed by atoms with E-state index in [1.807, 2.05) is 61.0 Å². The minimum Gasteiger partial charge on any atom is -0.361 e. The van der Waals surface area contributed by atoms with E-state index in [-0.39, 0.29) is 5.91 Å². The molecule has 0 saturated heterocycles. The van der Waals surface area contributed by atoms with Crippen molar-refractivity contribution in [3.05, 3.63) is 77.4 Å². The highest BCUT2D eigenvalue weighted by molar-refractivity contribution is 7.14. The number of aryl methyl sites for hydroxylation is 2. The lowest BCUT2D eigenvalue weighted by molar-refractivity contribution is -0.117. The second kappa shape index (κ2) is 7.14. The van der Waals surface area contributed by atoms with Crippen molar-refractivity contribution in [2.45, 2.75) is 19.8 Å². The van der Waals surface area contributed by atoms with Crippen molar-refractivity contribution in [2.75, 3.05) is 4.90 Å². The molecule has 0 unspecified atom stereocenters. The first-order valence-electron chi connectivity index (χ1n) is 8.57. The van der Waals surface area contributed by atoms with Crippen molar-refractivity contribution in [1.82, 2.24) is 9.97 Å². The summed E-state index contributed by atoms with van der Waals surface area (Å²) >= 11 is 1.49. The summed E-state index contributed by atoms with van der Waals surface area (Å²) in [6, 6.07) is 17.9. The Morgan fingerprint density at radius 3 is 2.65 bits per heavy atom. The minimum atomic E-state index is 0.0517. The fourth-order valence-corrected chi connectivity index (χ4v) is 3.91. The van der Waals surface area contributed by atoms with Crippen LogP contribution in [0, 0.1) is 6.92 Å². The predicted octanol–water partition coefficient (Wildman–Crippen LogP) is 5.23. The van der Waals surface area contributed by atoms with E-state index in [0.717, 1.165) is 27.6 Å². The molecule has 5 heteroatoms. The summed E-state index contributed by atoms with van der Waals surface area (Å²) in [5.41, 5.74) is 4.05. The molecule has 0 fully saturated rings. The number of carbonyl (C=O) groups excluding carboxylic acids is 1. The Morgan fingerprint density at radius 1 is 1.12 bits per heavy atom. The van der Waals surface area contributed by atoms with Gasteiger partial charge in [0.05, 0.1) is 11.4 Å². The second-order valence-corrected chi connectivity index (χ2v) is 7.03. The van der Waals surface area contributed by atoms with Gasteiger partial charge >= 0.3 is 0 Å². The number of para-hydroxylation sites is 2. The number of nitrogens with zero attached hydrogens (tertiary/aromatic N) is 2. The first-order chi connectivity index (χ1) is 12.7. The van der Waals surface area contributed by atoms with Gasteiger partial charge in [0.2, 0.25) is 5.91 Å². The van der Waals surface area contributed by atoms with Gasteiger partial charge in [0, 0.05) is 28.9 Å². The van der Waals surface area contributed by atoms with E-state index in [1.54, 1.807) is 4.90 Å². The number of nitrogens with one attached hydrogen (secondary N) is 1. The lowest BCUT2D eigenvalue weighted by Crippen LogP contribution is -2.26. The normalized spacial score (nSPS) is 11.0. The van der Waals surface area contributed by atoms with Crippen LogP contribution in [0.1, 0.15) is 17.7 Å². The molecule has 2 aromatic carbocycles. The molecule has 0 bridgehead atoms.